The number of hydrogen-bond donors (Lipinski definition) is 3. The molecule has 126 valence electrons. The largest absolute Gasteiger partial charge is 0.399 e. The van der Waals surface area contributed by atoms with Crippen LogP contribution in [0.5, 0.6) is 0 Å². The lowest BCUT2D eigenvalue weighted by Crippen LogP contribution is -2.05. The highest BCUT2D eigenvalue weighted by atomic mass is 35.5. The molecular formula is C16H14ClN7S. The lowest BCUT2D eigenvalue weighted by molar-refractivity contribution is 0.913. The molecule has 7 nitrogen and oxygen atoms in total. The van der Waals surface area contributed by atoms with Gasteiger partial charge >= 0.3 is 0 Å². The number of benzene rings is 1. The Labute approximate surface area is 152 Å². The predicted molar refractivity (Wildman–Crippen MR) is 99.6 cm³/mol. The first kappa shape index (κ1) is 15.8. The minimum Gasteiger partial charge on any atom is -0.399 e. The fraction of sp³-hybridized carbons (Fsp3) is 0.0625. The fourth-order valence-corrected chi connectivity index (χ4v) is 3.31. The topological polar surface area (TPSA) is 96.9 Å². The first-order chi connectivity index (χ1) is 12.1. The molecule has 0 fully saturated rings. The molecule has 9 heteroatoms. The molecule has 0 saturated heterocycles. The van der Waals surface area contributed by atoms with Gasteiger partial charge in [0.05, 0.1) is 0 Å². The molecule has 4 N–H and O–H groups in total. The van der Waals surface area contributed by atoms with Crippen LogP contribution in [0.4, 0.5) is 17.5 Å². The average Bonchev–Trinajstić information content (AvgIpc) is 3.16. The van der Waals surface area contributed by atoms with Crippen molar-refractivity contribution < 1.29 is 0 Å². The van der Waals surface area contributed by atoms with Gasteiger partial charge in [0.15, 0.2) is 11.0 Å². The molecule has 3 heterocycles. The van der Waals surface area contributed by atoms with Gasteiger partial charge in [-0.25, -0.2) is 4.98 Å². The third kappa shape index (κ3) is 3.26. The summed E-state index contributed by atoms with van der Waals surface area (Å²) in [7, 11) is 0. The minimum absolute atomic E-state index is 0.522. The molecule has 0 unspecified atom stereocenters. The van der Waals surface area contributed by atoms with Gasteiger partial charge in [-0.1, -0.05) is 11.6 Å². The van der Waals surface area contributed by atoms with Crippen LogP contribution in [-0.4, -0.2) is 24.6 Å². The van der Waals surface area contributed by atoms with Crippen LogP contribution in [0.15, 0.2) is 52.5 Å². The van der Waals surface area contributed by atoms with Gasteiger partial charge in [-0.05, 0) is 55.1 Å². The molecule has 0 bridgehead atoms. The number of nitrogens with zero attached hydrogens (tertiary/aromatic N) is 4. The van der Waals surface area contributed by atoms with Gasteiger partial charge in [0, 0.05) is 22.3 Å². The van der Waals surface area contributed by atoms with Gasteiger partial charge in [0.25, 0.3) is 0 Å². The molecule has 0 atom stereocenters. The molecule has 3 aromatic heterocycles. The highest BCUT2D eigenvalue weighted by Crippen LogP contribution is 2.29. The molecule has 0 spiro atoms. The molecule has 0 aliphatic rings. The Morgan fingerprint density at radius 3 is 2.68 bits per heavy atom. The number of H-pyrrole nitrogens is 1. The van der Waals surface area contributed by atoms with Crippen LogP contribution in [0, 0.1) is 6.92 Å². The van der Waals surface area contributed by atoms with Crippen LogP contribution in [0.3, 0.4) is 0 Å². The number of hydrogen-bond acceptors (Lipinski definition) is 6. The zero-order chi connectivity index (χ0) is 17.4. The van der Waals surface area contributed by atoms with E-state index >= 15 is 0 Å². The van der Waals surface area contributed by atoms with Crippen molar-refractivity contribution in [2.45, 2.75) is 17.0 Å². The molecular weight excluding hydrogens is 358 g/mol. The second-order valence-corrected chi connectivity index (χ2v) is 6.84. The SMILES string of the molecule is Cc1cc(Nc2nc(Sc3ccc(N)cc3)nc3ccc(Cl)n23)n[nH]1. The van der Waals surface area contributed by atoms with Gasteiger partial charge in [-0.3, -0.25) is 9.50 Å². The number of fused-ring (bicyclic) bond motifs is 1. The first-order valence-electron chi connectivity index (χ1n) is 7.46. The fourth-order valence-electron chi connectivity index (χ4n) is 2.33. The second kappa shape index (κ2) is 6.30. The third-order valence-corrected chi connectivity index (χ3v) is 4.64. The van der Waals surface area contributed by atoms with E-state index in [1.165, 1.54) is 11.8 Å². The van der Waals surface area contributed by atoms with Gasteiger partial charge in [0.2, 0.25) is 5.95 Å². The summed E-state index contributed by atoms with van der Waals surface area (Å²) in [5.41, 5.74) is 8.10. The van der Waals surface area contributed by atoms with E-state index in [0.29, 0.717) is 27.7 Å². The molecule has 1 aromatic carbocycles. The van der Waals surface area contributed by atoms with Crippen molar-refractivity contribution in [3.63, 3.8) is 0 Å². The number of anilines is 3. The maximum atomic E-state index is 6.27. The van der Waals surface area contributed by atoms with Crippen molar-refractivity contribution in [3.8, 4) is 0 Å². The summed E-state index contributed by atoms with van der Waals surface area (Å²) in [6, 6.07) is 13.1. The maximum absolute atomic E-state index is 6.27. The number of nitrogens with one attached hydrogen (secondary N) is 2. The molecule has 0 aliphatic carbocycles. The van der Waals surface area contributed by atoms with Gasteiger partial charge < -0.3 is 11.1 Å². The van der Waals surface area contributed by atoms with Crippen molar-refractivity contribution in [1.29, 1.82) is 0 Å². The Morgan fingerprint density at radius 2 is 1.96 bits per heavy atom. The lowest BCUT2D eigenvalue weighted by Gasteiger charge is -2.09. The highest BCUT2D eigenvalue weighted by Gasteiger charge is 2.13. The summed E-state index contributed by atoms with van der Waals surface area (Å²) < 4.78 is 1.73. The normalized spacial score (nSPS) is 11.1. The maximum Gasteiger partial charge on any atom is 0.218 e. The number of rotatable bonds is 4. The van der Waals surface area contributed by atoms with Gasteiger partial charge in [-0.2, -0.15) is 10.1 Å². The van der Waals surface area contributed by atoms with Crippen molar-refractivity contribution in [1.82, 2.24) is 24.6 Å². The number of nitrogens with two attached hydrogens (primary N) is 1. The number of aromatic amines is 1. The summed E-state index contributed by atoms with van der Waals surface area (Å²) in [4.78, 5) is 10.1. The number of halogens is 1. The molecule has 0 radical (unpaired) electrons. The Kier molecular flexibility index (Phi) is 3.98. The van der Waals surface area contributed by atoms with Crippen molar-refractivity contribution in [2.75, 3.05) is 11.1 Å². The minimum atomic E-state index is 0.522. The predicted octanol–water partition coefficient (Wildman–Crippen LogP) is 3.89. The second-order valence-electron chi connectivity index (χ2n) is 5.41. The zero-order valence-electron chi connectivity index (χ0n) is 13.2. The smallest absolute Gasteiger partial charge is 0.218 e. The average molecular weight is 372 g/mol. The Bertz CT molecular complexity index is 1040. The van der Waals surface area contributed by atoms with Gasteiger partial charge in [0.1, 0.15) is 10.8 Å². The number of aryl methyl sites for hydroxylation is 1. The quantitative estimate of drug-likeness (QED) is 0.471. The first-order valence-corrected chi connectivity index (χ1v) is 8.65. The Morgan fingerprint density at radius 1 is 1.16 bits per heavy atom. The van der Waals surface area contributed by atoms with E-state index in [2.05, 4.69) is 25.5 Å². The summed E-state index contributed by atoms with van der Waals surface area (Å²) in [6.07, 6.45) is 0. The van der Waals surface area contributed by atoms with E-state index in [0.717, 1.165) is 16.3 Å². The summed E-state index contributed by atoms with van der Waals surface area (Å²) >= 11 is 7.72. The van der Waals surface area contributed by atoms with E-state index in [9.17, 15) is 0 Å². The Hall–Kier alpha value is -2.71. The van der Waals surface area contributed by atoms with Crippen LogP contribution in [0.2, 0.25) is 5.15 Å². The number of nitrogen functional groups attached to an aromatic ring is 1. The number of aromatic nitrogens is 5. The lowest BCUT2D eigenvalue weighted by atomic mass is 10.3. The zero-order valence-corrected chi connectivity index (χ0v) is 14.8. The van der Waals surface area contributed by atoms with Crippen LogP contribution < -0.4 is 11.1 Å². The van der Waals surface area contributed by atoms with Gasteiger partial charge in [-0.15, -0.1) is 0 Å². The standard InChI is InChI=1S/C16H14ClN7S/c1-9-8-13(23-22-9)19-15-21-16(20-14-7-6-12(17)24(14)15)25-11-4-2-10(18)3-5-11/h2-8H,18H2,1H3,(H2,19,20,21,22,23). The summed E-state index contributed by atoms with van der Waals surface area (Å²) in [5.74, 6) is 1.20. The van der Waals surface area contributed by atoms with Crippen LogP contribution in [0.1, 0.15) is 5.69 Å². The van der Waals surface area contributed by atoms with Crippen LogP contribution in [-0.2, 0) is 0 Å². The van der Waals surface area contributed by atoms with E-state index in [4.69, 9.17) is 17.3 Å². The molecule has 4 aromatic rings. The van der Waals surface area contributed by atoms with Crippen molar-refractivity contribution >= 4 is 46.5 Å². The van der Waals surface area contributed by atoms with E-state index in [1.54, 1.807) is 10.5 Å². The third-order valence-electron chi connectivity index (χ3n) is 3.47. The highest BCUT2D eigenvalue weighted by molar-refractivity contribution is 7.99. The van der Waals surface area contributed by atoms with Crippen LogP contribution >= 0.6 is 23.4 Å². The molecule has 0 amide bonds. The van der Waals surface area contributed by atoms with E-state index < -0.39 is 0 Å². The summed E-state index contributed by atoms with van der Waals surface area (Å²) in [5, 5.41) is 11.4. The van der Waals surface area contributed by atoms with E-state index in [1.807, 2.05) is 43.3 Å². The molecule has 0 saturated carbocycles. The summed E-state index contributed by atoms with van der Waals surface area (Å²) in [6.45, 7) is 1.93. The van der Waals surface area contributed by atoms with Crippen molar-refractivity contribution in [2.24, 2.45) is 0 Å². The van der Waals surface area contributed by atoms with Crippen LogP contribution in [0.25, 0.3) is 5.65 Å². The molecule has 0 aliphatic heterocycles. The molecule has 25 heavy (non-hydrogen) atoms. The van der Waals surface area contributed by atoms with E-state index in [-0.39, 0.29) is 0 Å². The Balaban J connectivity index is 1.74. The monoisotopic (exact) mass is 371 g/mol. The molecule has 4 rings (SSSR count). The van der Waals surface area contributed by atoms with Crippen molar-refractivity contribution in [3.05, 3.63) is 53.3 Å².